The standard InChI is InChI=1S/C45H31N3.C2H6/c1-3-15-31(16-4-1)43-46-44(32-17-5-2-6-18-32)48-45(47-43)36-27-34(39-25-13-20-30-14-7-9-21-37(30)39)26-35(28-36)42-29-33-19-8-10-22-38(33)40-23-11-12-24-41(40)42;1-2/h1-6,8-13,15-29H,7,14H2;1-2H3. The first-order valence-electron chi connectivity index (χ1n) is 17.5. The number of aryl methyl sites for hydroxylation is 1. The molecule has 1 aliphatic rings. The van der Waals surface area contributed by atoms with Crippen molar-refractivity contribution in [1.82, 2.24) is 15.0 Å². The summed E-state index contributed by atoms with van der Waals surface area (Å²) < 4.78 is 0. The van der Waals surface area contributed by atoms with Gasteiger partial charge < -0.3 is 0 Å². The van der Waals surface area contributed by atoms with Gasteiger partial charge in [0.25, 0.3) is 0 Å². The fraction of sp³-hybridized carbons (Fsp3) is 0.0851. The van der Waals surface area contributed by atoms with Crippen LogP contribution in [0, 0.1) is 0 Å². The highest BCUT2D eigenvalue weighted by Gasteiger charge is 2.18. The molecule has 50 heavy (non-hydrogen) atoms. The SMILES string of the molecule is C1=Cc2c(cccc2-c2cc(-c3nc(-c4ccccc4)nc(-c4ccccc4)n3)cc(-c3cc4ccccc4c4ccccc34)c2)CC1.CC. The zero-order valence-electron chi connectivity index (χ0n) is 28.3. The van der Waals surface area contributed by atoms with Gasteiger partial charge in [0.1, 0.15) is 0 Å². The van der Waals surface area contributed by atoms with Crippen molar-refractivity contribution in [2.24, 2.45) is 0 Å². The predicted octanol–water partition coefficient (Wildman–Crippen LogP) is 12.5. The Morgan fingerprint density at radius 2 is 0.960 bits per heavy atom. The molecule has 0 bridgehead atoms. The van der Waals surface area contributed by atoms with Crippen LogP contribution >= 0.6 is 0 Å². The van der Waals surface area contributed by atoms with Crippen molar-refractivity contribution in [2.45, 2.75) is 26.7 Å². The highest BCUT2D eigenvalue weighted by Crippen LogP contribution is 2.40. The molecule has 0 spiro atoms. The number of fused-ring (bicyclic) bond motifs is 4. The third-order valence-electron chi connectivity index (χ3n) is 9.34. The van der Waals surface area contributed by atoms with Crippen molar-refractivity contribution in [1.29, 1.82) is 0 Å². The summed E-state index contributed by atoms with van der Waals surface area (Å²) in [7, 11) is 0. The molecule has 1 aliphatic carbocycles. The number of hydrogen-bond donors (Lipinski definition) is 0. The maximum absolute atomic E-state index is 5.13. The third kappa shape index (κ3) is 5.88. The van der Waals surface area contributed by atoms with Crippen LogP contribution in [-0.4, -0.2) is 15.0 Å². The minimum Gasteiger partial charge on any atom is -0.208 e. The van der Waals surface area contributed by atoms with Crippen LogP contribution < -0.4 is 0 Å². The molecule has 0 N–H and O–H groups in total. The van der Waals surface area contributed by atoms with Gasteiger partial charge in [0.05, 0.1) is 0 Å². The lowest BCUT2D eigenvalue weighted by Gasteiger charge is -2.18. The van der Waals surface area contributed by atoms with E-state index in [4.69, 9.17) is 15.0 Å². The van der Waals surface area contributed by atoms with Gasteiger partial charge in [-0.15, -0.1) is 0 Å². The Morgan fingerprint density at radius 3 is 1.64 bits per heavy atom. The summed E-state index contributed by atoms with van der Waals surface area (Å²) in [4.78, 5) is 15.2. The average Bonchev–Trinajstić information content (AvgIpc) is 3.21. The number of benzene rings is 7. The molecule has 240 valence electrons. The average molecular weight is 644 g/mol. The first-order valence-corrected chi connectivity index (χ1v) is 17.5. The summed E-state index contributed by atoms with van der Waals surface area (Å²) in [5, 5.41) is 4.94. The van der Waals surface area contributed by atoms with E-state index < -0.39 is 0 Å². The van der Waals surface area contributed by atoms with E-state index in [0.717, 1.165) is 40.7 Å². The fourth-order valence-corrected chi connectivity index (χ4v) is 7.02. The van der Waals surface area contributed by atoms with E-state index in [0.29, 0.717) is 17.5 Å². The Balaban J connectivity index is 0.00000177. The van der Waals surface area contributed by atoms with E-state index in [-0.39, 0.29) is 0 Å². The van der Waals surface area contributed by atoms with Gasteiger partial charge in [-0.3, -0.25) is 0 Å². The Morgan fingerprint density at radius 1 is 0.420 bits per heavy atom. The van der Waals surface area contributed by atoms with Gasteiger partial charge in [-0.05, 0) is 92.0 Å². The summed E-state index contributed by atoms with van der Waals surface area (Å²) in [6.07, 6.45) is 6.70. The first-order chi connectivity index (χ1) is 24.8. The molecule has 0 amide bonds. The van der Waals surface area contributed by atoms with Gasteiger partial charge in [-0.25, -0.2) is 15.0 Å². The van der Waals surface area contributed by atoms with Crippen LogP contribution in [0.4, 0.5) is 0 Å². The smallest absolute Gasteiger partial charge is 0.164 e. The normalized spacial score (nSPS) is 12.0. The maximum Gasteiger partial charge on any atom is 0.164 e. The lowest BCUT2D eigenvalue weighted by Crippen LogP contribution is -2.01. The number of nitrogens with zero attached hydrogens (tertiary/aromatic N) is 3. The molecule has 0 aliphatic heterocycles. The summed E-state index contributed by atoms with van der Waals surface area (Å²) in [5.74, 6) is 1.96. The van der Waals surface area contributed by atoms with Crippen LogP contribution in [-0.2, 0) is 6.42 Å². The molecule has 0 fully saturated rings. The van der Waals surface area contributed by atoms with Gasteiger partial charge in [0, 0.05) is 16.7 Å². The monoisotopic (exact) mass is 643 g/mol. The van der Waals surface area contributed by atoms with Gasteiger partial charge >= 0.3 is 0 Å². The van der Waals surface area contributed by atoms with Gasteiger partial charge in [0.15, 0.2) is 17.5 Å². The van der Waals surface area contributed by atoms with Crippen molar-refractivity contribution >= 4 is 27.6 Å². The molecule has 3 nitrogen and oxygen atoms in total. The van der Waals surface area contributed by atoms with E-state index in [9.17, 15) is 0 Å². The van der Waals surface area contributed by atoms with Crippen LogP contribution in [0.2, 0.25) is 0 Å². The van der Waals surface area contributed by atoms with Crippen molar-refractivity contribution in [3.63, 3.8) is 0 Å². The van der Waals surface area contributed by atoms with Crippen molar-refractivity contribution in [3.8, 4) is 56.4 Å². The van der Waals surface area contributed by atoms with E-state index in [1.807, 2.05) is 50.2 Å². The number of rotatable bonds is 5. The largest absolute Gasteiger partial charge is 0.208 e. The molecule has 8 aromatic rings. The zero-order chi connectivity index (χ0) is 33.9. The Hall–Kier alpha value is -6.19. The highest BCUT2D eigenvalue weighted by atomic mass is 15.0. The summed E-state index contributed by atoms with van der Waals surface area (Å²) in [5.41, 5.74) is 10.2. The van der Waals surface area contributed by atoms with Gasteiger partial charge in [0.2, 0.25) is 0 Å². The van der Waals surface area contributed by atoms with E-state index in [2.05, 4.69) is 127 Å². The molecule has 0 unspecified atom stereocenters. The summed E-state index contributed by atoms with van der Waals surface area (Å²) in [6.45, 7) is 4.00. The van der Waals surface area contributed by atoms with Gasteiger partial charge in [-0.2, -0.15) is 0 Å². The van der Waals surface area contributed by atoms with Crippen molar-refractivity contribution in [2.75, 3.05) is 0 Å². The summed E-state index contributed by atoms with van der Waals surface area (Å²) in [6, 6.07) is 53.6. The molecule has 0 saturated carbocycles. The molecule has 1 heterocycles. The minimum atomic E-state index is 0.649. The van der Waals surface area contributed by atoms with Crippen LogP contribution in [0.15, 0.2) is 158 Å². The second-order valence-electron chi connectivity index (χ2n) is 12.3. The molecule has 1 aromatic heterocycles. The second-order valence-corrected chi connectivity index (χ2v) is 12.3. The Labute approximate surface area is 293 Å². The fourth-order valence-electron chi connectivity index (χ4n) is 7.02. The Bertz CT molecular complexity index is 2440. The molecular weight excluding hydrogens is 607 g/mol. The second kappa shape index (κ2) is 13.7. The van der Waals surface area contributed by atoms with Crippen LogP contribution in [0.1, 0.15) is 31.4 Å². The number of aromatic nitrogens is 3. The van der Waals surface area contributed by atoms with E-state index in [1.165, 1.54) is 43.8 Å². The molecule has 9 rings (SSSR count). The van der Waals surface area contributed by atoms with Crippen LogP contribution in [0.25, 0.3) is 84.0 Å². The third-order valence-corrected chi connectivity index (χ3v) is 9.34. The lowest BCUT2D eigenvalue weighted by molar-refractivity contribution is 0.986. The maximum atomic E-state index is 5.13. The molecule has 0 radical (unpaired) electrons. The van der Waals surface area contributed by atoms with Crippen LogP contribution in [0.5, 0.6) is 0 Å². The molecular formula is C47H37N3. The quantitative estimate of drug-likeness (QED) is 0.175. The molecule has 7 aromatic carbocycles. The van der Waals surface area contributed by atoms with Crippen molar-refractivity contribution < 1.29 is 0 Å². The predicted molar refractivity (Wildman–Crippen MR) is 211 cm³/mol. The van der Waals surface area contributed by atoms with Crippen molar-refractivity contribution in [3.05, 3.63) is 169 Å². The van der Waals surface area contributed by atoms with Gasteiger partial charge in [-0.1, -0.05) is 153 Å². The number of hydrogen-bond acceptors (Lipinski definition) is 3. The highest BCUT2D eigenvalue weighted by molar-refractivity contribution is 6.14. The van der Waals surface area contributed by atoms with E-state index >= 15 is 0 Å². The topological polar surface area (TPSA) is 38.7 Å². The molecule has 0 saturated heterocycles. The number of allylic oxidation sites excluding steroid dienone is 1. The van der Waals surface area contributed by atoms with E-state index in [1.54, 1.807) is 0 Å². The minimum absolute atomic E-state index is 0.649. The Kier molecular flexibility index (Phi) is 8.54. The molecule has 3 heteroatoms. The lowest BCUT2D eigenvalue weighted by atomic mass is 9.87. The molecule has 0 atom stereocenters. The first kappa shape index (κ1) is 31.1. The zero-order valence-corrected chi connectivity index (χ0v) is 28.3. The summed E-state index contributed by atoms with van der Waals surface area (Å²) >= 11 is 0. The van der Waals surface area contributed by atoms with Crippen LogP contribution in [0.3, 0.4) is 0 Å².